The Labute approximate surface area is 180 Å². The number of hydrogen-bond donors (Lipinski definition) is 1. The van der Waals surface area contributed by atoms with E-state index in [0.29, 0.717) is 17.4 Å². The Morgan fingerprint density at radius 1 is 1.20 bits per heavy atom. The van der Waals surface area contributed by atoms with E-state index in [1.807, 2.05) is 78.5 Å². The van der Waals surface area contributed by atoms with E-state index in [0.717, 1.165) is 22.4 Å². The number of nitrogens with one attached hydrogen (secondary N) is 1. The highest BCUT2D eigenvalue weighted by Crippen LogP contribution is 2.27. The number of nitrogens with zero attached hydrogens (tertiary/aromatic N) is 3. The lowest BCUT2D eigenvalue weighted by atomic mass is 10.1. The molecule has 1 N–H and O–H groups in total. The summed E-state index contributed by atoms with van der Waals surface area (Å²) in [6, 6.07) is 17.4. The first kappa shape index (κ1) is 19.8. The van der Waals surface area contributed by atoms with Crippen molar-refractivity contribution in [2.45, 2.75) is 19.5 Å². The van der Waals surface area contributed by atoms with Crippen LogP contribution in [0.5, 0.6) is 5.75 Å². The molecule has 0 aliphatic carbocycles. The second kappa shape index (κ2) is 8.51. The fraction of sp³-hybridized carbons (Fsp3) is 0.174. The summed E-state index contributed by atoms with van der Waals surface area (Å²) < 4.78 is 7.31. The van der Waals surface area contributed by atoms with Crippen molar-refractivity contribution in [2.24, 2.45) is 0 Å². The number of thiocarbonyl (C=S) groups is 1. The molecule has 1 atom stereocenters. The average Bonchev–Trinajstić information content (AvgIpc) is 3.36. The monoisotopic (exact) mass is 418 g/mol. The van der Waals surface area contributed by atoms with E-state index in [2.05, 4.69) is 10.4 Å². The van der Waals surface area contributed by atoms with E-state index in [1.165, 1.54) is 0 Å². The lowest BCUT2D eigenvalue weighted by molar-refractivity contribution is -0.123. The van der Waals surface area contributed by atoms with Crippen molar-refractivity contribution < 1.29 is 9.53 Å². The maximum absolute atomic E-state index is 13.1. The molecule has 1 unspecified atom stereocenters. The Bertz CT molecular complexity index is 1090. The molecule has 7 heteroatoms. The molecule has 1 fully saturated rings. The van der Waals surface area contributed by atoms with Crippen LogP contribution in [-0.2, 0) is 11.3 Å². The SMILES string of the molecule is COc1ccc(/C=C2\NC(=S)N(C(C)c3ccccc3)C2=O)cc1Cn1cccn1. The highest BCUT2D eigenvalue weighted by Gasteiger charge is 2.34. The Morgan fingerprint density at radius 3 is 2.70 bits per heavy atom. The van der Waals surface area contributed by atoms with E-state index in [4.69, 9.17) is 17.0 Å². The number of hydrogen-bond acceptors (Lipinski definition) is 4. The van der Waals surface area contributed by atoms with Crippen LogP contribution in [0.1, 0.15) is 29.7 Å². The third-order valence-corrected chi connectivity index (χ3v) is 5.38. The standard InChI is InChI=1S/C23H22N4O2S/c1-16(18-7-4-3-5-8-18)27-22(28)20(25-23(27)30)14-17-9-10-21(29-2)19(13-17)15-26-12-6-11-24-26/h3-14,16H,15H2,1-2H3,(H,25,30)/b20-14-. The number of carbonyl (C=O) groups excluding carboxylic acids is 1. The van der Waals surface area contributed by atoms with Gasteiger partial charge in [0.25, 0.3) is 5.91 Å². The van der Waals surface area contributed by atoms with Crippen LogP contribution in [0.15, 0.2) is 72.7 Å². The minimum absolute atomic E-state index is 0.138. The molecule has 30 heavy (non-hydrogen) atoms. The van der Waals surface area contributed by atoms with Crippen molar-refractivity contribution in [3.63, 3.8) is 0 Å². The lowest BCUT2D eigenvalue weighted by Gasteiger charge is -2.23. The average molecular weight is 419 g/mol. The second-order valence-electron chi connectivity index (χ2n) is 7.02. The molecule has 1 amide bonds. The van der Waals surface area contributed by atoms with Crippen molar-refractivity contribution in [1.82, 2.24) is 20.0 Å². The van der Waals surface area contributed by atoms with Gasteiger partial charge in [-0.15, -0.1) is 0 Å². The molecule has 0 bridgehead atoms. The van der Waals surface area contributed by atoms with Crippen LogP contribution in [0, 0.1) is 0 Å². The van der Waals surface area contributed by atoms with Gasteiger partial charge in [0.05, 0.1) is 19.7 Å². The van der Waals surface area contributed by atoms with Crippen molar-refractivity contribution >= 4 is 29.3 Å². The first-order valence-electron chi connectivity index (χ1n) is 9.62. The highest BCUT2D eigenvalue weighted by molar-refractivity contribution is 7.80. The third-order valence-electron chi connectivity index (χ3n) is 5.09. The minimum Gasteiger partial charge on any atom is -0.496 e. The zero-order chi connectivity index (χ0) is 21.1. The van der Waals surface area contributed by atoms with Crippen LogP contribution in [0.3, 0.4) is 0 Å². The van der Waals surface area contributed by atoms with E-state index >= 15 is 0 Å². The molecule has 0 spiro atoms. The number of benzene rings is 2. The number of methoxy groups -OCH3 is 1. The van der Waals surface area contributed by atoms with Crippen LogP contribution in [0.4, 0.5) is 0 Å². The smallest absolute Gasteiger partial charge is 0.277 e. The summed E-state index contributed by atoms with van der Waals surface area (Å²) >= 11 is 5.45. The van der Waals surface area contributed by atoms with Gasteiger partial charge in [0.15, 0.2) is 5.11 Å². The fourth-order valence-electron chi connectivity index (χ4n) is 3.53. The molecule has 1 saturated heterocycles. The van der Waals surface area contributed by atoms with Gasteiger partial charge in [-0.05, 0) is 54.5 Å². The van der Waals surface area contributed by atoms with Crippen molar-refractivity contribution in [2.75, 3.05) is 7.11 Å². The predicted octanol–water partition coefficient (Wildman–Crippen LogP) is 3.76. The highest BCUT2D eigenvalue weighted by atomic mass is 32.1. The number of amides is 1. The molecule has 6 nitrogen and oxygen atoms in total. The van der Waals surface area contributed by atoms with Crippen LogP contribution in [0.2, 0.25) is 0 Å². The van der Waals surface area contributed by atoms with E-state index in [9.17, 15) is 4.79 Å². The number of ether oxygens (including phenoxy) is 1. The first-order valence-corrected chi connectivity index (χ1v) is 10.0. The number of rotatable bonds is 6. The van der Waals surface area contributed by atoms with Gasteiger partial charge in [0.2, 0.25) is 0 Å². The molecule has 2 aromatic carbocycles. The Morgan fingerprint density at radius 2 is 2.00 bits per heavy atom. The molecule has 1 aromatic heterocycles. The Kier molecular flexibility index (Phi) is 5.63. The van der Waals surface area contributed by atoms with Gasteiger partial charge in [0.1, 0.15) is 11.4 Å². The Hall–Kier alpha value is -3.45. The summed E-state index contributed by atoms with van der Waals surface area (Å²) in [6.45, 7) is 2.55. The largest absolute Gasteiger partial charge is 0.496 e. The van der Waals surface area contributed by atoms with Gasteiger partial charge >= 0.3 is 0 Å². The van der Waals surface area contributed by atoms with Gasteiger partial charge in [-0.2, -0.15) is 5.10 Å². The van der Waals surface area contributed by atoms with Gasteiger partial charge in [-0.25, -0.2) is 0 Å². The summed E-state index contributed by atoms with van der Waals surface area (Å²) in [5, 5.41) is 7.73. The lowest BCUT2D eigenvalue weighted by Crippen LogP contribution is -2.33. The normalized spacial score (nSPS) is 16.1. The van der Waals surface area contributed by atoms with Gasteiger partial charge in [0, 0.05) is 18.0 Å². The summed E-state index contributed by atoms with van der Waals surface area (Å²) in [5.74, 6) is 0.633. The molecular weight excluding hydrogens is 396 g/mol. The molecule has 1 aliphatic heterocycles. The van der Waals surface area contributed by atoms with Crippen LogP contribution < -0.4 is 10.1 Å². The molecule has 3 aromatic rings. The molecule has 4 rings (SSSR count). The summed E-state index contributed by atoms with van der Waals surface area (Å²) in [4.78, 5) is 14.7. The van der Waals surface area contributed by atoms with Gasteiger partial charge in [-0.3, -0.25) is 14.4 Å². The molecule has 2 heterocycles. The molecule has 152 valence electrons. The zero-order valence-corrected chi connectivity index (χ0v) is 17.6. The van der Waals surface area contributed by atoms with Crippen LogP contribution in [-0.4, -0.2) is 32.8 Å². The maximum atomic E-state index is 13.1. The number of carbonyl (C=O) groups is 1. The molecule has 0 radical (unpaired) electrons. The predicted molar refractivity (Wildman–Crippen MR) is 120 cm³/mol. The number of aromatic nitrogens is 2. The first-order chi connectivity index (χ1) is 14.6. The summed E-state index contributed by atoms with van der Waals surface area (Å²) in [5.41, 5.74) is 3.34. The summed E-state index contributed by atoms with van der Waals surface area (Å²) in [7, 11) is 1.64. The second-order valence-corrected chi connectivity index (χ2v) is 7.41. The Balaban J connectivity index is 1.60. The van der Waals surface area contributed by atoms with Crippen molar-refractivity contribution in [1.29, 1.82) is 0 Å². The summed E-state index contributed by atoms with van der Waals surface area (Å²) in [6.07, 6.45) is 5.45. The molecule has 1 aliphatic rings. The van der Waals surface area contributed by atoms with E-state index in [-0.39, 0.29) is 11.9 Å². The third kappa shape index (κ3) is 3.97. The van der Waals surface area contributed by atoms with Crippen LogP contribution >= 0.6 is 12.2 Å². The van der Waals surface area contributed by atoms with Crippen LogP contribution in [0.25, 0.3) is 6.08 Å². The maximum Gasteiger partial charge on any atom is 0.277 e. The van der Waals surface area contributed by atoms with Crippen molar-refractivity contribution in [3.8, 4) is 5.75 Å². The fourth-order valence-corrected chi connectivity index (χ4v) is 3.88. The van der Waals surface area contributed by atoms with Gasteiger partial charge in [-0.1, -0.05) is 36.4 Å². The van der Waals surface area contributed by atoms with Gasteiger partial charge < -0.3 is 10.1 Å². The van der Waals surface area contributed by atoms with E-state index in [1.54, 1.807) is 18.2 Å². The molecule has 0 saturated carbocycles. The molecular formula is C23H22N4O2S. The van der Waals surface area contributed by atoms with E-state index < -0.39 is 0 Å². The topological polar surface area (TPSA) is 59.4 Å². The minimum atomic E-state index is -0.157. The zero-order valence-electron chi connectivity index (χ0n) is 16.8. The quantitative estimate of drug-likeness (QED) is 0.488. The van der Waals surface area contributed by atoms with Crippen molar-refractivity contribution in [3.05, 3.63) is 89.4 Å².